The molecule has 0 bridgehead atoms. The first kappa shape index (κ1) is 29.6. The van der Waals surface area contributed by atoms with E-state index in [1.807, 2.05) is 6.92 Å². The molecule has 0 radical (unpaired) electrons. The number of ether oxygens (including phenoxy) is 3. The van der Waals surface area contributed by atoms with Crippen LogP contribution in [-0.4, -0.2) is 35.3 Å². The third kappa shape index (κ3) is 5.89. The molecule has 4 rings (SSSR count). The molecule has 2 aromatic carbocycles. The summed E-state index contributed by atoms with van der Waals surface area (Å²) < 4.78 is 18.2. The number of nitro groups is 1. The van der Waals surface area contributed by atoms with Crippen LogP contribution in [0, 0.1) is 29.4 Å². The molecule has 41 heavy (non-hydrogen) atoms. The van der Waals surface area contributed by atoms with Crippen LogP contribution in [0.4, 0.5) is 5.69 Å². The Labute approximate surface area is 244 Å². The molecule has 0 spiro atoms. The fourth-order valence-corrected chi connectivity index (χ4v) is 5.76. The van der Waals surface area contributed by atoms with Crippen LogP contribution in [0.15, 0.2) is 51.4 Å². The molecule has 1 aromatic heterocycles. The smallest absolute Gasteiger partial charge is 0.338 e. The third-order valence-electron chi connectivity index (χ3n) is 6.19. The number of nitrogens with zero attached hydrogens (tertiary/aromatic N) is 3. The predicted molar refractivity (Wildman–Crippen MR) is 155 cm³/mol. The number of nitro benzene ring substituents is 1. The van der Waals surface area contributed by atoms with Crippen LogP contribution in [0.2, 0.25) is 5.02 Å². The fourth-order valence-electron chi connectivity index (χ4n) is 4.44. The van der Waals surface area contributed by atoms with Crippen LogP contribution in [0.25, 0.3) is 6.08 Å². The summed E-state index contributed by atoms with van der Waals surface area (Å²) in [6.07, 6.45) is 6.94. The second kappa shape index (κ2) is 12.4. The predicted octanol–water partition coefficient (Wildman–Crippen LogP) is 4.08. The van der Waals surface area contributed by atoms with Crippen molar-refractivity contribution in [3.05, 3.63) is 93.1 Å². The molecule has 0 N–H and O–H groups in total. The van der Waals surface area contributed by atoms with Crippen molar-refractivity contribution in [1.29, 1.82) is 0 Å². The minimum Gasteiger partial charge on any atom is -0.490 e. The van der Waals surface area contributed by atoms with Gasteiger partial charge in [-0.25, -0.2) is 9.79 Å². The van der Waals surface area contributed by atoms with Crippen molar-refractivity contribution in [2.45, 2.75) is 33.7 Å². The molecule has 212 valence electrons. The molecular weight excluding hydrogens is 570 g/mol. The number of fused-ring (bicyclic) bond motifs is 1. The zero-order valence-corrected chi connectivity index (χ0v) is 24.3. The molecule has 3 aromatic rings. The first-order valence-corrected chi connectivity index (χ1v) is 13.8. The van der Waals surface area contributed by atoms with E-state index < -0.39 is 22.5 Å². The van der Waals surface area contributed by atoms with Crippen molar-refractivity contribution in [2.75, 3.05) is 19.8 Å². The highest BCUT2D eigenvalue weighted by Gasteiger charge is 2.34. The van der Waals surface area contributed by atoms with Gasteiger partial charge in [0.05, 0.1) is 45.0 Å². The normalized spacial score (nSPS) is 14.6. The summed E-state index contributed by atoms with van der Waals surface area (Å²) in [7, 11) is 0. The van der Waals surface area contributed by atoms with E-state index in [9.17, 15) is 19.7 Å². The van der Waals surface area contributed by atoms with Crippen molar-refractivity contribution in [1.82, 2.24) is 4.57 Å². The van der Waals surface area contributed by atoms with Gasteiger partial charge in [-0.05, 0) is 57.0 Å². The van der Waals surface area contributed by atoms with Gasteiger partial charge in [0.1, 0.15) is 6.61 Å². The van der Waals surface area contributed by atoms with Gasteiger partial charge >= 0.3 is 5.97 Å². The fraction of sp³-hybridized carbons (Fsp3) is 0.276. The Kier molecular flexibility index (Phi) is 8.95. The molecular formula is C29H26ClN3O7S. The lowest BCUT2D eigenvalue weighted by molar-refractivity contribution is -0.385. The van der Waals surface area contributed by atoms with Crippen molar-refractivity contribution >= 4 is 40.7 Å². The molecule has 1 aliphatic heterocycles. The van der Waals surface area contributed by atoms with Crippen molar-refractivity contribution in [3.8, 4) is 23.8 Å². The largest absolute Gasteiger partial charge is 0.490 e. The molecule has 10 nitrogen and oxygen atoms in total. The molecule has 0 amide bonds. The van der Waals surface area contributed by atoms with Crippen LogP contribution in [0.1, 0.15) is 43.5 Å². The first-order chi connectivity index (χ1) is 19.6. The van der Waals surface area contributed by atoms with Gasteiger partial charge in [-0.1, -0.05) is 41.0 Å². The highest BCUT2D eigenvalue weighted by atomic mass is 35.5. The molecule has 12 heteroatoms. The zero-order valence-electron chi connectivity index (χ0n) is 22.7. The molecule has 0 saturated carbocycles. The lowest BCUT2D eigenvalue weighted by Gasteiger charge is -2.24. The van der Waals surface area contributed by atoms with E-state index >= 15 is 0 Å². The van der Waals surface area contributed by atoms with Gasteiger partial charge in [-0.15, -0.1) is 6.42 Å². The second-order valence-electron chi connectivity index (χ2n) is 8.86. The van der Waals surface area contributed by atoms with Gasteiger partial charge < -0.3 is 14.2 Å². The number of rotatable bonds is 9. The van der Waals surface area contributed by atoms with E-state index in [0.29, 0.717) is 49.8 Å². The number of aryl methyl sites for hydroxylation is 1. The van der Waals surface area contributed by atoms with E-state index in [1.165, 1.54) is 10.6 Å². The molecule has 0 unspecified atom stereocenters. The minimum atomic E-state index is -0.992. The van der Waals surface area contributed by atoms with Crippen LogP contribution >= 0.6 is 22.9 Å². The van der Waals surface area contributed by atoms with Crippen LogP contribution in [-0.2, 0) is 9.53 Å². The number of terminal acetylenes is 1. The summed E-state index contributed by atoms with van der Waals surface area (Å²) in [5, 5.41) is 12.0. The average Bonchev–Trinajstić information content (AvgIpc) is 3.22. The van der Waals surface area contributed by atoms with Crippen LogP contribution in [0.5, 0.6) is 11.5 Å². The molecule has 1 atom stereocenters. The summed E-state index contributed by atoms with van der Waals surface area (Å²) in [6, 6.07) is 6.92. The number of hydrogen-bond acceptors (Lipinski definition) is 9. The van der Waals surface area contributed by atoms with E-state index in [1.54, 1.807) is 51.1 Å². The lowest BCUT2D eigenvalue weighted by atomic mass is 9.94. The van der Waals surface area contributed by atoms with Crippen molar-refractivity contribution in [2.24, 2.45) is 4.99 Å². The van der Waals surface area contributed by atoms with Gasteiger partial charge in [-0.2, -0.15) is 0 Å². The standard InChI is InChI=1S/C29H26ClN3O7S/c1-6-11-40-26-20(30)12-18(13-22(26)38-7-2)14-23-27(34)32-25(19-10-9-16(4)21(15-19)33(36)37)24(28(35)39-8-3)17(5)31-29(32)41-23/h1,9-10,12-15,25H,7-8,11H2,2-5H3/b23-14+/t25-/m0/s1. The number of allylic oxidation sites excluding steroid dienone is 1. The van der Waals surface area contributed by atoms with Crippen LogP contribution < -0.4 is 24.4 Å². The molecule has 0 saturated heterocycles. The zero-order chi connectivity index (χ0) is 29.8. The Bertz CT molecular complexity index is 1800. The second-order valence-corrected chi connectivity index (χ2v) is 10.3. The number of carbonyl (C=O) groups excluding carboxylic acids is 1. The van der Waals surface area contributed by atoms with E-state index in [0.717, 1.165) is 11.3 Å². The number of carbonyl (C=O) groups is 1. The summed E-state index contributed by atoms with van der Waals surface area (Å²) >= 11 is 7.58. The highest BCUT2D eigenvalue weighted by Crippen LogP contribution is 2.37. The molecule has 0 fully saturated rings. The van der Waals surface area contributed by atoms with Crippen molar-refractivity contribution < 1.29 is 23.9 Å². The number of esters is 1. The number of hydrogen-bond donors (Lipinski definition) is 0. The quantitative estimate of drug-likeness (QED) is 0.158. The third-order valence-corrected chi connectivity index (χ3v) is 7.46. The SMILES string of the molecule is C#CCOc1c(Cl)cc(/C=c2/sc3n(c2=O)[C@@H](c2ccc(C)c([N+](=O)[O-])c2)C(C(=O)OCC)=C(C)N=3)cc1OCC. The highest BCUT2D eigenvalue weighted by molar-refractivity contribution is 7.07. The Morgan fingerprint density at radius 3 is 2.66 bits per heavy atom. The van der Waals surface area contributed by atoms with Gasteiger partial charge in [0.15, 0.2) is 16.3 Å². The Hall–Kier alpha value is -4.40. The number of aromatic nitrogens is 1. The maximum Gasteiger partial charge on any atom is 0.338 e. The molecule has 0 aliphatic carbocycles. The lowest BCUT2D eigenvalue weighted by Crippen LogP contribution is -2.40. The summed E-state index contributed by atoms with van der Waals surface area (Å²) in [5.41, 5.74) is 1.28. The Morgan fingerprint density at radius 2 is 2.00 bits per heavy atom. The maximum absolute atomic E-state index is 13.9. The summed E-state index contributed by atoms with van der Waals surface area (Å²) in [4.78, 5) is 43.1. The topological polar surface area (TPSA) is 122 Å². The molecule has 2 heterocycles. The van der Waals surface area contributed by atoms with Gasteiger partial charge in [0.25, 0.3) is 11.2 Å². The first-order valence-electron chi connectivity index (χ1n) is 12.6. The Balaban J connectivity index is 1.94. The average molecular weight is 596 g/mol. The van der Waals surface area contributed by atoms with Gasteiger partial charge in [0.2, 0.25) is 0 Å². The number of halogens is 1. The Morgan fingerprint density at radius 1 is 1.24 bits per heavy atom. The van der Waals surface area contributed by atoms with E-state index in [2.05, 4.69) is 10.9 Å². The number of benzene rings is 2. The number of thiazole rings is 1. The van der Waals surface area contributed by atoms with E-state index in [-0.39, 0.29) is 29.5 Å². The van der Waals surface area contributed by atoms with Gasteiger partial charge in [0, 0.05) is 11.6 Å². The van der Waals surface area contributed by atoms with Crippen LogP contribution in [0.3, 0.4) is 0 Å². The van der Waals surface area contributed by atoms with Gasteiger partial charge in [-0.3, -0.25) is 19.5 Å². The van der Waals surface area contributed by atoms with E-state index in [4.69, 9.17) is 32.2 Å². The summed E-state index contributed by atoms with van der Waals surface area (Å²) in [5.74, 6) is 2.38. The molecule has 1 aliphatic rings. The monoisotopic (exact) mass is 595 g/mol. The maximum atomic E-state index is 13.9. The summed E-state index contributed by atoms with van der Waals surface area (Å²) in [6.45, 7) is 7.17. The minimum absolute atomic E-state index is 0.00291. The van der Waals surface area contributed by atoms with Crippen molar-refractivity contribution in [3.63, 3.8) is 0 Å².